The predicted octanol–water partition coefficient (Wildman–Crippen LogP) is 6.22. The van der Waals surface area contributed by atoms with Gasteiger partial charge in [0.25, 0.3) is 10.0 Å². The van der Waals surface area contributed by atoms with Gasteiger partial charge >= 0.3 is 12.6 Å². The van der Waals surface area contributed by atoms with Crippen molar-refractivity contribution in [2.75, 3.05) is 10.8 Å². The smallest absolute Gasteiger partial charge is 0.387 e. The quantitative estimate of drug-likeness (QED) is 0.328. The van der Waals surface area contributed by atoms with Gasteiger partial charge in [-0.1, -0.05) is 12.1 Å². The second-order valence-electron chi connectivity index (χ2n) is 11.0. The van der Waals surface area contributed by atoms with Gasteiger partial charge in [-0.05, 0) is 85.7 Å². The van der Waals surface area contributed by atoms with Crippen LogP contribution in [-0.4, -0.2) is 38.8 Å². The maximum absolute atomic E-state index is 14.3. The van der Waals surface area contributed by atoms with Crippen molar-refractivity contribution in [3.05, 3.63) is 72.3 Å². The number of carbonyl (C=O) groups is 1. The first-order valence-corrected chi connectivity index (χ1v) is 14.4. The Balaban J connectivity index is 1.44. The highest BCUT2D eigenvalue weighted by Gasteiger charge is 2.62. The summed E-state index contributed by atoms with van der Waals surface area (Å²) in [6.07, 6.45) is 1.73. The average molecular weight is 592 g/mol. The summed E-state index contributed by atoms with van der Waals surface area (Å²) in [6, 6.07) is 12.2. The maximum atomic E-state index is 14.3. The molecule has 1 N–H and O–H groups in total. The molecule has 2 bridgehead atoms. The van der Waals surface area contributed by atoms with Gasteiger partial charge in [-0.15, -0.1) is 0 Å². The van der Waals surface area contributed by atoms with Gasteiger partial charge in [-0.3, -0.25) is 9.10 Å². The lowest BCUT2D eigenvalue weighted by Crippen LogP contribution is -2.50. The molecule has 2 fully saturated rings. The number of rotatable bonds is 7. The first-order chi connectivity index (χ1) is 19.4. The zero-order valence-electron chi connectivity index (χ0n) is 21.5. The third-order valence-electron chi connectivity index (χ3n) is 8.67. The maximum Gasteiger partial charge on any atom is 0.387 e. The number of halogens is 4. The van der Waals surface area contributed by atoms with Crippen LogP contribution in [0.3, 0.4) is 0 Å². The summed E-state index contributed by atoms with van der Waals surface area (Å²) in [4.78, 5) is 11.8. The number of nitrogens with zero attached hydrogens (tertiary/aromatic N) is 1. The number of ether oxygens (including phenoxy) is 2. The number of fused-ring (bicyclic) bond motifs is 3. The number of hydrogen-bond donors (Lipinski definition) is 1. The SMILES string of the molecule is O=C(O)C12CCC([C@H]3CN(S(=O)(=O)c4cccc(F)c4)c4cc(-c5cc(F)cc(OC(F)F)c5)ccc4O3)(CC1)C2. The molecule has 2 aliphatic carbocycles. The van der Waals surface area contributed by atoms with Gasteiger partial charge in [0.15, 0.2) is 0 Å². The largest absolute Gasteiger partial charge is 0.486 e. The monoisotopic (exact) mass is 591 g/mol. The van der Waals surface area contributed by atoms with E-state index in [2.05, 4.69) is 4.74 Å². The number of hydrogen-bond acceptors (Lipinski definition) is 5. The number of benzene rings is 3. The lowest BCUT2D eigenvalue weighted by molar-refractivity contribution is -0.148. The minimum Gasteiger partial charge on any atom is -0.486 e. The molecule has 216 valence electrons. The molecule has 2 saturated carbocycles. The van der Waals surface area contributed by atoms with Gasteiger partial charge in [-0.2, -0.15) is 8.78 Å². The topological polar surface area (TPSA) is 93.1 Å². The molecular formula is C29H25F4NO6S. The van der Waals surface area contributed by atoms with Crippen LogP contribution in [0, 0.1) is 22.5 Å². The van der Waals surface area contributed by atoms with Crippen LogP contribution >= 0.6 is 0 Å². The highest BCUT2D eigenvalue weighted by molar-refractivity contribution is 7.92. The molecule has 1 heterocycles. The summed E-state index contributed by atoms with van der Waals surface area (Å²) in [7, 11) is -4.35. The van der Waals surface area contributed by atoms with Crippen molar-refractivity contribution < 1.29 is 45.4 Å². The molecule has 1 aliphatic heterocycles. The molecule has 3 aromatic rings. The van der Waals surface area contributed by atoms with E-state index in [1.807, 2.05) is 0 Å². The van der Waals surface area contributed by atoms with Crippen molar-refractivity contribution in [3.63, 3.8) is 0 Å². The van der Waals surface area contributed by atoms with E-state index in [1.54, 1.807) is 0 Å². The third kappa shape index (κ3) is 4.67. The first kappa shape index (κ1) is 27.4. The van der Waals surface area contributed by atoms with Gasteiger partial charge in [0.05, 0.1) is 22.5 Å². The molecule has 7 nitrogen and oxygen atoms in total. The molecule has 0 radical (unpaired) electrons. The van der Waals surface area contributed by atoms with Gasteiger partial charge in [0.1, 0.15) is 29.2 Å². The molecule has 12 heteroatoms. The summed E-state index contributed by atoms with van der Waals surface area (Å²) in [5, 5.41) is 9.88. The highest BCUT2D eigenvalue weighted by atomic mass is 32.2. The Kier molecular flexibility index (Phi) is 6.44. The summed E-state index contributed by atoms with van der Waals surface area (Å²) >= 11 is 0. The van der Waals surface area contributed by atoms with Crippen LogP contribution in [0.4, 0.5) is 23.2 Å². The second-order valence-corrected chi connectivity index (χ2v) is 12.8. The molecule has 6 rings (SSSR count). The van der Waals surface area contributed by atoms with E-state index in [9.17, 15) is 35.9 Å². The number of sulfonamides is 1. The molecule has 41 heavy (non-hydrogen) atoms. The van der Waals surface area contributed by atoms with Crippen molar-refractivity contribution in [3.8, 4) is 22.6 Å². The Morgan fingerprint density at radius 2 is 1.73 bits per heavy atom. The third-order valence-corrected chi connectivity index (χ3v) is 10.4. The zero-order chi connectivity index (χ0) is 29.2. The first-order valence-electron chi connectivity index (χ1n) is 13.0. The fourth-order valence-corrected chi connectivity index (χ4v) is 8.11. The second kappa shape index (κ2) is 9.64. The number of alkyl halides is 2. The lowest BCUT2D eigenvalue weighted by atomic mass is 9.78. The average Bonchev–Trinajstić information content (AvgIpc) is 3.51. The van der Waals surface area contributed by atoms with Crippen LogP contribution in [0.25, 0.3) is 11.1 Å². The number of carboxylic acids is 1. The van der Waals surface area contributed by atoms with E-state index in [0.29, 0.717) is 37.7 Å². The zero-order valence-corrected chi connectivity index (χ0v) is 22.3. The number of anilines is 1. The van der Waals surface area contributed by atoms with Crippen molar-refractivity contribution in [2.45, 2.75) is 49.7 Å². The van der Waals surface area contributed by atoms with E-state index in [4.69, 9.17) is 4.74 Å². The van der Waals surface area contributed by atoms with E-state index in [0.717, 1.165) is 28.6 Å². The summed E-state index contributed by atoms with van der Waals surface area (Å²) in [6.45, 7) is -3.33. The highest BCUT2D eigenvalue weighted by Crippen LogP contribution is 2.64. The standard InChI is InChI=1S/C29H25F4NO6S/c30-19-2-1-3-22(14-19)41(37,38)34-15-25(28-6-8-29(16-28,9-7-28)26(35)36)40-24-5-4-17(12-23(24)34)18-10-20(31)13-21(11-18)39-27(32)33/h1-5,10-14,25,27H,6-9,15-16H2,(H,35,36)/t25-,28?,29?/m1/s1. The Labute approximate surface area is 233 Å². The van der Waals surface area contributed by atoms with Gasteiger partial charge in [0, 0.05) is 11.5 Å². The molecular weight excluding hydrogens is 566 g/mol. The summed E-state index contributed by atoms with van der Waals surface area (Å²) in [5.74, 6) is -2.66. The molecule has 0 aromatic heterocycles. The molecule has 0 saturated heterocycles. The molecule has 3 aromatic carbocycles. The van der Waals surface area contributed by atoms with Crippen molar-refractivity contribution in [1.82, 2.24) is 0 Å². The van der Waals surface area contributed by atoms with Crippen LogP contribution in [0.5, 0.6) is 11.5 Å². The number of aliphatic carboxylic acids is 1. The van der Waals surface area contributed by atoms with Crippen molar-refractivity contribution >= 4 is 21.7 Å². The molecule has 0 amide bonds. The van der Waals surface area contributed by atoms with Crippen LogP contribution < -0.4 is 13.8 Å². The Morgan fingerprint density at radius 1 is 0.976 bits per heavy atom. The molecule has 1 atom stereocenters. The number of carboxylic acid groups (broad SMARTS) is 1. The van der Waals surface area contributed by atoms with Crippen LogP contribution in [0.2, 0.25) is 0 Å². The van der Waals surface area contributed by atoms with Crippen LogP contribution in [0.15, 0.2) is 65.6 Å². The van der Waals surface area contributed by atoms with E-state index in [-0.39, 0.29) is 28.4 Å². The Bertz CT molecular complexity index is 1640. The summed E-state index contributed by atoms with van der Waals surface area (Å²) < 4.78 is 93.7. The fraction of sp³-hybridized carbons (Fsp3) is 0.345. The fourth-order valence-electron chi connectivity index (χ4n) is 6.61. The Morgan fingerprint density at radius 3 is 2.39 bits per heavy atom. The van der Waals surface area contributed by atoms with E-state index < -0.39 is 56.9 Å². The van der Waals surface area contributed by atoms with Crippen LogP contribution in [-0.2, 0) is 14.8 Å². The van der Waals surface area contributed by atoms with Gasteiger partial charge in [-0.25, -0.2) is 17.2 Å². The predicted molar refractivity (Wildman–Crippen MR) is 139 cm³/mol. The van der Waals surface area contributed by atoms with Crippen molar-refractivity contribution in [2.24, 2.45) is 10.8 Å². The minimum absolute atomic E-state index is 0.0977. The van der Waals surface area contributed by atoms with Crippen LogP contribution in [0.1, 0.15) is 32.1 Å². The van der Waals surface area contributed by atoms with E-state index >= 15 is 0 Å². The minimum atomic E-state index is -4.35. The molecule has 0 spiro atoms. The molecule has 0 unspecified atom stereocenters. The normalized spacial score (nSPS) is 25.2. The van der Waals surface area contributed by atoms with E-state index in [1.165, 1.54) is 36.4 Å². The summed E-state index contributed by atoms with van der Waals surface area (Å²) in [5.41, 5.74) is -0.872. The molecule has 3 aliphatic rings. The van der Waals surface area contributed by atoms with Gasteiger partial charge in [0.2, 0.25) is 0 Å². The lowest BCUT2D eigenvalue weighted by Gasteiger charge is -2.43. The van der Waals surface area contributed by atoms with Gasteiger partial charge < -0.3 is 14.6 Å². The Hall–Kier alpha value is -3.80. The van der Waals surface area contributed by atoms with Crippen molar-refractivity contribution in [1.29, 1.82) is 0 Å².